The Hall–Kier alpha value is -1.97. The van der Waals surface area contributed by atoms with Crippen molar-refractivity contribution in [2.45, 2.75) is 5.75 Å². The quantitative estimate of drug-likeness (QED) is 0.802. The molecule has 0 saturated heterocycles. The summed E-state index contributed by atoms with van der Waals surface area (Å²) in [6.45, 7) is 0. The molecule has 23 heavy (non-hydrogen) atoms. The van der Waals surface area contributed by atoms with E-state index in [1.807, 2.05) is 18.2 Å². The molecule has 0 saturated carbocycles. The normalized spacial score (nSPS) is 9.96. The number of nitrogens with one attached hydrogen (secondary N) is 1. The second kappa shape index (κ2) is 8.61. The van der Waals surface area contributed by atoms with Crippen LogP contribution < -0.4 is 10.1 Å². The second-order valence-electron chi connectivity index (χ2n) is 4.65. The van der Waals surface area contributed by atoms with Gasteiger partial charge in [-0.25, -0.2) is 0 Å². The summed E-state index contributed by atoms with van der Waals surface area (Å²) in [6.07, 6.45) is 0. The number of amides is 1. The Labute approximate surface area is 148 Å². The van der Waals surface area contributed by atoms with Crippen molar-refractivity contribution in [3.8, 4) is 11.8 Å². The number of nitrogens with zero attached hydrogens (tertiary/aromatic N) is 1. The molecule has 0 heterocycles. The van der Waals surface area contributed by atoms with Crippen LogP contribution in [0.2, 0.25) is 0 Å². The van der Waals surface area contributed by atoms with Crippen molar-refractivity contribution < 1.29 is 9.53 Å². The maximum atomic E-state index is 12.0. The fourth-order valence-corrected chi connectivity index (χ4v) is 3.20. The topological polar surface area (TPSA) is 62.1 Å². The van der Waals surface area contributed by atoms with E-state index < -0.39 is 0 Å². The van der Waals surface area contributed by atoms with E-state index in [0.717, 1.165) is 15.8 Å². The monoisotopic (exact) mass is 390 g/mol. The van der Waals surface area contributed by atoms with Gasteiger partial charge in [0, 0.05) is 15.8 Å². The highest BCUT2D eigenvalue weighted by molar-refractivity contribution is 9.10. The summed E-state index contributed by atoms with van der Waals surface area (Å²) in [4.78, 5) is 12.0. The predicted octanol–water partition coefficient (Wildman–Crippen LogP) is 4.20. The molecule has 1 N–H and O–H groups in total. The number of para-hydroxylation sites is 1. The van der Waals surface area contributed by atoms with Crippen LogP contribution in [0.4, 0.5) is 5.69 Å². The van der Waals surface area contributed by atoms with Gasteiger partial charge in [0.05, 0.1) is 24.1 Å². The lowest BCUT2D eigenvalue weighted by atomic mass is 10.2. The molecule has 4 nitrogen and oxygen atoms in total. The fraction of sp³-hybridized carbons (Fsp3) is 0.176. The van der Waals surface area contributed by atoms with Gasteiger partial charge in [-0.15, -0.1) is 11.8 Å². The molecule has 0 aliphatic heterocycles. The highest BCUT2D eigenvalue weighted by atomic mass is 79.9. The van der Waals surface area contributed by atoms with Crippen molar-refractivity contribution in [3.05, 3.63) is 58.1 Å². The zero-order valence-corrected chi connectivity index (χ0v) is 14.9. The minimum Gasteiger partial charge on any atom is -0.496 e. The van der Waals surface area contributed by atoms with Crippen LogP contribution in [0, 0.1) is 11.3 Å². The van der Waals surface area contributed by atoms with Gasteiger partial charge in [0.2, 0.25) is 5.91 Å². The largest absolute Gasteiger partial charge is 0.496 e. The molecule has 0 unspecified atom stereocenters. The van der Waals surface area contributed by atoms with E-state index in [1.54, 1.807) is 31.4 Å². The lowest BCUT2D eigenvalue weighted by Crippen LogP contribution is -2.15. The Morgan fingerprint density at radius 2 is 2.13 bits per heavy atom. The average molecular weight is 391 g/mol. The van der Waals surface area contributed by atoms with Gasteiger partial charge >= 0.3 is 0 Å². The van der Waals surface area contributed by atoms with E-state index >= 15 is 0 Å². The minimum absolute atomic E-state index is 0.133. The molecule has 0 fully saturated rings. The highest BCUT2D eigenvalue weighted by Crippen LogP contribution is 2.26. The van der Waals surface area contributed by atoms with Crippen LogP contribution in [0.3, 0.4) is 0 Å². The van der Waals surface area contributed by atoms with E-state index in [-0.39, 0.29) is 5.91 Å². The lowest BCUT2D eigenvalue weighted by molar-refractivity contribution is -0.113. The Bertz CT molecular complexity index is 744. The van der Waals surface area contributed by atoms with E-state index in [1.165, 1.54) is 11.8 Å². The zero-order valence-electron chi connectivity index (χ0n) is 12.5. The Balaban J connectivity index is 1.91. The van der Waals surface area contributed by atoms with Crippen LogP contribution in [-0.2, 0) is 10.5 Å². The number of thioether (sulfide) groups is 1. The molecular weight excluding hydrogens is 376 g/mol. The summed E-state index contributed by atoms with van der Waals surface area (Å²) in [5, 5.41) is 11.8. The van der Waals surface area contributed by atoms with Crippen molar-refractivity contribution in [3.63, 3.8) is 0 Å². The summed E-state index contributed by atoms with van der Waals surface area (Å²) >= 11 is 4.92. The van der Waals surface area contributed by atoms with E-state index in [4.69, 9.17) is 10.00 Å². The number of carbonyl (C=O) groups excluding carboxylic acids is 1. The Kier molecular flexibility index (Phi) is 6.51. The number of hydrogen-bond donors (Lipinski definition) is 1. The van der Waals surface area contributed by atoms with Crippen molar-refractivity contribution in [2.24, 2.45) is 0 Å². The van der Waals surface area contributed by atoms with Crippen molar-refractivity contribution >= 4 is 39.3 Å². The second-order valence-corrected chi connectivity index (χ2v) is 6.56. The number of rotatable bonds is 6. The van der Waals surface area contributed by atoms with Crippen LogP contribution >= 0.6 is 27.7 Å². The minimum atomic E-state index is -0.133. The molecule has 0 radical (unpaired) electrons. The van der Waals surface area contributed by atoms with Crippen LogP contribution in [0.15, 0.2) is 46.9 Å². The number of anilines is 1. The molecule has 2 aromatic rings. The maximum Gasteiger partial charge on any atom is 0.234 e. The van der Waals surface area contributed by atoms with Gasteiger partial charge < -0.3 is 10.1 Å². The first-order valence-electron chi connectivity index (χ1n) is 6.83. The third-order valence-corrected chi connectivity index (χ3v) is 4.53. The van der Waals surface area contributed by atoms with Crippen molar-refractivity contribution in [1.29, 1.82) is 5.26 Å². The number of nitriles is 1. The molecule has 2 rings (SSSR count). The molecule has 6 heteroatoms. The summed E-state index contributed by atoms with van der Waals surface area (Å²) in [5.41, 5.74) is 2.03. The van der Waals surface area contributed by atoms with Gasteiger partial charge in [-0.05, 0) is 30.3 Å². The average Bonchev–Trinajstić information content (AvgIpc) is 2.55. The van der Waals surface area contributed by atoms with Crippen LogP contribution in [-0.4, -0.2) is 18.8 Å². The number of carbonyl (C=O) groups is 1. The number of hydrogen-bond acceptors (Lipinski definition) is 4. The molecule has 0 aliphatic carbocycles. The number of methoxy groups -OCH3 is 1. The molecular formula is C17H15BrN2O2S. The van der Waals surface area contributed by atoms with E-state index in [0.29, 0.717) is 22.8 Å². The molecule has 0 aromatic heterocycles. The first kappa shape index (κ1) is 17.4. The van der Waals surface area contributed by atoms with Gasteiger partial charge in [0.15, 0.2) is 0 Å². The predicted molar refractivity (Wildman–Crippen MR) is 96.6 cm³/mol. The van der Waals surface area contributed by atoms with Crippen LogP contribution in [0.25, 0.3) is 0 Å². The third kappa shape index (κ3) is 5.02. The summed E-state index contributed by atoms with van der Waals surface area (Å²) < 4.78 is 6.29. The van der Waals surface area contributed by atoms with Crippen LogP contribution in [0.5, 0.6) is 5.75 Å². The van der Waals surface area contributed by atoms with Crippen molar-refractivity contribution in [2.75, 3.05) is 18.2 Å². The molecule has 0 bridgehead atoms. The van der Waals surface area contributed by atoms with Gasteiger partial charge in [0.25, 0.3) is 0 Å². The lowest BCUT2D eigenvalue weighted by Gasteiger charge is -2.09. The summed E-state index contributed by atoms with van der Waals surface area (Å²) in [7, 11) is 1.63. The smallest absolute Gasteiger partial charge is 0.234 e. The molecule has 0 spiro atoms. The standard InChI is InChI=1S/C17H15BrN2O2S/c1-22-16-7-6-14(18)8-13(16)10-23-11-17(21)20-15-5-3-2-4-12(15)9-19/h2-8H,10-11H2,1H3,(H,20,21). The van der Waals surface area contributed by atoms with Gasteiger partial charge in [-0.1, -0.05) is 28.1 Å². The SMILES string of the molecule is COc1ccc(Br)cc1CSCC(=O)Nc1ccccc1C#N. The third-order valence-electron chi connectivity index (χ3n) is 3.05. The van der Waals surface area contributed by atoms with Gasteiger partial charge in [0.1, 0.15) is 11.8 Å². The van der Waals surface area contributed by atoms with Crippen LogP contribution in [0.1, 0.15) is 11.1 Å². The Morgan fingerprint density at radius 3 is 2.87 bits per heavy atom. The fourth-order valence-electron chi connectivity index (χ4n) is 1.99. The molecule has 2 aromatic carbocycles. The number of ether oxygens (including phenoxy) is 1. The summed E-state index contributed by atoms with van der Waals surface area (Å²) in [5.74, 6) is 1.63. The maximum absolute atomic E-state index is 12.0. The van der Waals surface area contributed by atoms with E-state index in [2.05, 4.69) is 27.3 Å². The molecule has 118 valence electrons. The Morgan fingerprint density at radius 1 is 1.35 bits per heavy atom. The van der Waals surface area contributed by atoms with Gasteiger partial charge in [-0.2, -0.15) is 5.26 Å². The molecule has 0 aliphatic rings. The first-order chi connectivity index (χ1) is 11.1. The van der Waals surface area contributed by atoms with Crippen molar-refractivity contribution in [1.82, 2.24) is 0 Å². The number of halogens is 1. The zero-order chi connectivity index (χ0) is 16.7. The summed E-state index contributed by atoms with van der Waals surface area (Å²) in [6, 6.07) is 14.8. The van der Waals surface area contributed by atoms with Gasteiger partial charge in [-0.3, -0.25) is 4.79 Å². The first-order valence-corrected chi connectivity index (χ1v) is 8.78. The number of benzene rings is 2. The molecule has 0 atom stereocenters. The molecule has 1 amide bonds. The van der Waals surface area contributed by atoms with E-state index in [9.17, 15) is 4.79 Å². The highest BCUT2D eigenvalue weighted by Gasteiger charge is 2.08.